The lowest BCUT2D eigenvalue weighted by atomic mass is 10.1. The van der Waals surface area contributed by atoms with E-state index in [1.807, 2.05) is 0 Å². The van der Waals surface area contributed by atoms with Gasteiger partial charge in [-0.25, -0.2) is 4.79 Å². The molecule has 6 heteroatoms. The number of phenolic OH excluding ortho intramolecular Hbond substituents is 1. The fourth-order valence-electron chi connectivity index (χ4n) is 1.74. The summed E-state index contributed by atoms with van der Waals surface area (Å²) in [6.45, 7) is 1.76. The second kappa shape index (κ2) is 5.97. The van der Waals surface area contributed by atoms with Crippen LogP contribution >= 0.6 is 15.9 Å². The van der Waals surface area contributed by atoms with Crippen molar-refractivity contribution in [2.24, 2.45) is 0 Å². The van der Waals surface area contributed by atoms with Crippen LogP contribution < -0.4 is 5.32 Å². The molecule has 2 rings (SSSR count). The van der Waals surface area contributed by atoms with Gasteiger partial charge >= 0.3 is 5.97 Å². The highest BCUT2D eigenvalue weighted by molar-refractivity contribution is 9.10. The fourth-order valence-corrected chi connectivity index (χ4v) is 1.98. The number of nitrogens with one attached hydrogen (secondary N) is 1. The number of carbonyl (C=O) groups is 2. The molecular weight excluding hydrogens is 338 g/mol. The topological polar surface area (TPSA) is 86.6 Å². The van der Waals surface area contributed by atoms with Crippen molar-refractivity contribution in [2.45, 2.75) is 6.92 Å². The Morgan fingerprint density at radius 3 is 2.38 bits per heavy atom. The average Bonchev–Trinajstić information content (AvgIpc) is 2.43. The molecule has 108 valence electrons. The molecule has 0 heterocycles. The first-order valence-corrected chi connectivity index (χ1v) is 6.81. The van der Waals surface area contributed by atoms with Crippen molar-refractivity contribution in [1.82, 2.24) is 0 Å². The van der Waals surface area contributed by atoms with E-state index in [9.17, 15) is 14.7 Å². The standard InChI is InChI=1S/C15H12BrNO4/c1-8-2-3-10(15(20)21)6-12(8)17-14(19)9-4-5-11(16)13(18)7-9/h2-7,18H,1H3,(H,17,19)(H,20,21). The predicted molar refractivity (Wildman–Crippen MR) is 81.9 cm³/mol. The van der Waals surface area contributed by atoms with Gasteiger partial charge in [-0.05, 0) is 58.7 Å². The second-order valence-electron chi connectivity index (χ2n) is 4.46. The van der Waals surface area contributed by atoms with Gasteiger partial charge in [0.2, 0.25) is 0 Å². The molecule has 0 aliphatic carbocycles. The van der Waals surface area contributed by atoms with Crippen molar-refractivity contribution >= 4 is 33.5 Å². The Morgan fingerprint density at radius 2 is 1.76 bits per heavy atom. The van der Waals surface area contributed by atoms with Gasteiger partial charge in [0.15, 0.2) is 0 Å². The third kappa shape index (κ3) is 3.41. The van der Waals surface area contributed by atoms with Gasteiger partial charge in [-0.1, -0.05) is 6.07 Å². The Bertz CT molecular complexity index is 728. The van der Waals surface area contributed by atoms with Crippen LogP contribution in [0.4, 0.5) is 5.69 Å². The van der Waals surface area contributed by atoms with E-state index in [-0.39, 0.29) is 16.9 Å². The summed E-state index contributed by atoms with van der Waals surface area (Å²) in [4.78, 5) is 23.1. The van der Waals surface area contributed by atoms with E-state index >= 15 is 0 Å². The zero-order valence-electron chi connectivity index (χ0n) is 11.1. The third-order valence-corrected chi connectivity index (χ3v) is 3.61. The van der Waals surface area contributed by atoms with E-state index in [0.717, 1.165) is 5.56 Å². The fraction of sp³-hybridized carbons (Fsp3) is 0.0667. The minimum atomic E-state index is -1.06. The molecule has 0 aromatic heterocycles. The molecule has 0 saturated carbocycles. The number of carbonyl (C=O) groups excluding carboxylic acids is 1. The Kier molecular flexibility index (Phi) is 4.28. The lowest BCUT2D eigenvalue weighted by Gasteiger charge is -2.10. The minimum absolute atomic E-state index is 0.0429. The number of halogens is 1. The summed E-state index contributed by atoms with van der Waals surface area (Å²) < 4.78 is 0.489. The normalized spacial score (nSPS) is 10.2. The van der Waals surface area contributed by atoms with Crippen molar-refractivity contribution in [3.8, 4) is 5.75 Å². The van der Waals surface area contributed by atoms with E-state index in [4.69, 9.17) is 5.11 Å². The number of aromatic hydroxyl groups is 1. The summed E-state index contributed by atoms with van der Waals surface area (Å²) in [5.41, 5.74) is 1.53. The lowest BCUT2D eigenvalue weighted by molar-refractivity contribution is 0.0696. The zero-order valence-corrected chi connectivity index (χ0v) is 12.6. The van der Waals surface area contributed by atoms with Crippen molar-refractivity contribution in [3.63, 3.8) is 0 Å². The largest absolute Gasteiger partial charge is 0.507 e. The van der Waals surface area contributed by atoms with Gasteiger partial charge in [-0.2, -0.15) is 0 Å². The molecule has 5 nitrogen and oxygen atoms in total. The molecule has 0 aliphatic heterocycles. The van der Waals surface area contributed by atoms with Gasteiger partial charge < -0.3 is 15.5 Å². The highest BCUT2D eigenvalue weighted by atomic mass is 79.9. The van der Waals surface area contributed by atoms with Crippen molar-refractivity contribution < 1.29 is 19.8 Å². The molecule has 0 aliphatic rings. The van der Waals surface area contributed by atoms with Gasteiger partial charge in [-0.15, -0.1) is 0 Å². The minimum Gasteiger partial charge on any atom is -0.507 e. The first-order chi connectivity index (χ1) is 9.88. The summed E-state index contributed by atoms with van der Waals surface area (Å²) in [7, 11) is 0. The summed E-state index contributed by atoms with van der Waals surface area (Å²) >= 11 is 3.14. The number of anilines is 1. The summed E-state index contributed by atoms with van der Waals surface area (Å²) in [6, 6.07) is 8.93. The molecular formula is C15H12BrNO4. The Labute approximate surface area is 129 Å². The van der Waals surface area contributed by atoms with Gasteiger partial charge in [0.05, 0.1) is 10.0 Å². The summed E-state index contributed by atoms with van der Waals surface area (Å²) in [5.74, 6) is -1.53. The average molecular weight is 350 g/mol. The summed E-state index contributed by atoms with van der Waals surface area (Å²) in [6.07, 6.45) is 0. The number of aromatic carboxylic acids is 1. The number of carboxylic acid groups (broad SMARTS) is 1. The molecule has 0 spiro atoms. The maximum absolute atomic E-state index is 12.1. The Hall–Kier alpha value is -2.34. The zero-order chi connectivity index (χ0) is 15.6. The highest BCUT2D eigenvalue weighted by Crippen LogP contribution is 2.25. The molecule has 21 heavy (non-hydrogen) atoms. The van der Waals surface area contributed by atoms with Crippen molar-refractivity contribution in [1.29, 1.82) is 0 Å². The number of hydrogen-bond donors (Lipinski definition) is 3. The van der Waals surface area contributed by atoms with Crippen LogP contribution in [0.25, 0.3) is 0 Å². The Morgan fingerprint density at radius 1 is 1.10 bits per heavy atom. The number of aryl methyl sites for hydroxylation is 1. The van der Waals surface area contributed by atoms with Crippen LogP contribution in [0.2, 0.25) is 0 Å². The SMILES string of the molecule is Cc1ccc(C(=O)O)cc1NC(=O)c1ccc(Br)c(O)c1. The molecule has 0 fully saturated rings. The maximum atomic E-state index is 12.1. The van der Waals surface area contributed by atoms with E-state index in [0.29, 0.717) is 10.2 Å². The second-order valence-corrected chi connectivity index (χ2v) is 5.31. The molecule has 3 N–H and O–H groups in total. The highest BCUT2D eigenvalue weighted by Gasteiger charge is 2.12. The Balaban J connectivity index is 2.28. The molecule has 0 atom stereocenters. The van der Waals surface area contributed by atoms with E-state index < -0.39 is 11.9 Å². The van der Waals surface area contributed by atoms with Crippen molar-refractivity contribution in [2.75, 3.05) is 5.32 Å². The quantitative estimate of drug-likeness (QED) is 0.792. The maximum Gasteiger partial charge on any atom is 0.335 e. The van der Waals surface area contributed by atoms with E-state index in [1.165, 1.54) is 18.2 Å². The van der Waals surface area contributed by atoms with Crippen LogP contribution in [0.3, 0.4) is 0 Å². The first-order valence-electron chi connectivity index (χ1n) is 6.02. The first kappa shape index (κ1) is 15.1. The third-order valence-electron chi connectivity index (χ3n) is 2.94. The number of amides is 1. The smallest absolute Gasteiger partial charge is 0.335 e. The monoisotopic (exact) mass is 349 g/mol. The van der Waals surface area contributed by atoms with Gasteiger partial charge in [0, 0.05) is 11.3 Å². The molecule has 0 radical (unpaired) electrons. The van der Waals surface area contributed by atoms with Crippen molar-refractivity contribution in [3.05, 3.63) is 57.6 Å². The lowest BCUT2D eigenvalue weighted by Crippen LogP contribution is -2.13. The molecule has 0 saturated heterocycles. The van der Waals surface area contributed by atoms with Crippen LogP contribution in [0.15, 0.2) is 40.9 Å². The van der Waals surface area contributed by atoms with Gasteiger partial charge in [0.25, 0.3) is 5.91 Å². The van der Waals surface area contributed by atoms with Crippen LogP contribution in [0, 0.1) is 6.92 Å². The molecule has 0 bridgehead atoms. The number of carboxylic acids is 1. The molecule has 1 amide bonds. The van der Waals surface area contributed by atoms with Crippen LogP contribution in [-0.4, -0.2) is 22.1 Å². The van der Waals surface area contributed by atoms with Gasteiger partial charge in [-0.3, -0.25) is 4.79 Å². The van der Waals surface area contributed by atoms with E-state index in [1.54, 1.807) is 25.1 Å². The molecule has 0 unspecified atom stereocenters. The van der Waals surface area contributed by atoms with Gasteiger partial charge in [0.1, 0.15) is 5.75 Å². The number of hydrogen-bond acceptors (Lipinski definition) is 3. The molecule has 2 aromatic carbocycles. The predicted octanol–water partition coefficient (Wildman–Crippen LogP) is 3.41. The number of rotatable bonds is 3. The van der Waals surface area contributed by atoms with Crippen LogP contribution in [-0.2, 0) is 0 Å². The van der Waals surface area contributed by atoms with Crippen LogP contribution in [0.1, 0.15) is 26.3 Å². The number of benzene rings is 2. The number of phenols is 1. The molecule has 2 aromatic rings. The summed E-state index contributed by atoms with van der Waals surface area (Å²) in [5, 5.41) is 21.2. The van der Waals surface area contributed by atoms with Crippen LogP contribution in [0.5, 0.6) is 5.75 Å². The van der Waals surface area contributed by atoms with E-state index in [2.05, 4.69) is 21.2 Å².